The predicted molar refractivity (Wildman–Crippen MR) is 74.6 cm³/mol. The minimum Gasteiger partial charge on any atom is -0.449 e. The summed E-state index contributed by atoms with van der Waals surface area (Å²) in [6.45, 7) is 3.99. The molecule has 1 unspecified atom stereocenters. The van der Waals surface area contributed by atoms with Crippen molar-refractivity contribution < 1.29 is 14.3 Å². The summed E-state index contributed by atoms with van der Waals surface area (Å²) in [6.07, 6.45) is -0.0483. The summed E-state index contributed by atoms with van der Waals surface area (Å²) in [5.41, 5.74) is 0.215. The van der Waals surface area contributed by atoms with Gasteiger partial charge in [-0.15, -0.1) is 0 Å². The molecule has 1 aromatic rings. The molecule has 19 heavy (non-hydrogen) atoms. The van der Waals surface area contributed by atoms with Crippen LogP contribution in [0.5, 0.6) is 0 Å². The van der Waals surface area contributed by atoms with Crippen LogP contribution in [0.4, 0.5) is 0 Å². The largest absolute Gasteiger partial charge is 0.449 e. The average Bonchev–Trinajstić information content (AvgIpc) is 2.34. The fourth-order valence-corrected chi connectivity index (χ4v) is 1.87. The van der Waals surface area contributed by atoms with Crippen molar-refractivity contribution in [3.63, 3.8) is 0 Å². The van der Waals surface area contributed by atoms with E-state index in [4.69, 9.17) is 27.9 Å². The SMILES string of the molecule is CCCNC(=O)C(C)OC(=O)c1cc(Cl)cc(Cl)c1. The van der Waals surface area contributed by atoms with Crippen LogP contribution < -0.4 is 5.32 Å². The van der Waals surface area contributed by atoms with Gasteiger partial charge in [-0.3, -0.25) is 4.79 Å². The van der Waals surface area contributed by atoms with Crippen LogP contribution in [-0.4, -0.2) is 24.5 Å². The Labute approximate surface area is 122 Å². The summed E-state index contributed by atoms with van der Waals surface area (Å²) in [5.74, 6) is -0.966. The van der Waals surface area contributed by atoms with E-state index >= 15 is 0 Å². The zero-order valence-electron chi connectivity index (χ0n) is 10.7. The second-order valence-electron chi connectivity index (χ2n) is 4.00. The molecule has 0 aliphatic heterocycles. The van der Waals surface area contributed by atoms with E-state index in [1.165, 1.54) is 25.1 Å². The summed E-state index contributed by atoms with van der Waals surface area (Å²) < 4.78 is 5.04. The summed E-state index contributed by atoms with van der Waals surface area (Å²) in [4.78, 5) is 23.4. The Balaban J connectivity index is 2.66. The van der Waals surface area contributed by atoms with Crippen LogP contribution in [0.25, 0.3) is 0 Å². The zero-order valence-corrected chi connectivity index (χ0v) is 12.2. The molecule has 0 fully saturated rings. The molecule has 0 saturated carbocycles. The summed E-state index contributed by atoms with van der Waals surface area (Å²) in [5, 5.41) is 3.31. The van der Waals surface area contributed by atoms with Crippen molar-refractivity contribution in [3.05, 3.63) is 33.8 Å². The standard InChI is InChI=1S/C13H15Cl2NO3/c1-3-4-16-12(17)8(2)19-13(18)9-5-10(14)7-11(15)6-9/h5-8H,3-4H2,1-2H3,(H,16,17). The van der Waals surface area contributed by atoms with Crippen molar-refractivity contribution in [3.8, 4) is 0 Å². The zero-order chi connectivity index (χ0) is 14.4. The van der Waals surface area contributed by atoms with Gasteiger partial charge in [0.2, 0.25) is 0 Å². The molecule has 0 saturated heterocycles. The third-order valence-corrected chi connectivity index (χ3v) is 2.74. The van der Waals surface area contributed by atoms with Crippen molar-refractivity contribution in [2.75, 3.05) is 6.54 Å². The molecule has 0 radical (unpaired) electrons. The lowest BCUT2D eigenvalue weighted by Gasteiger charge is -2.13. The molecule has 104 valence electrons. The Kier molecular flexibility index (Phi) is 6.12. The molecule has 1 N–H and O–H groups in total. The van der Waals surface area contributed by atoms with Gasteiger partial charge in [0.1, 0.15) is 0 Å². The number of nitrogens with one attached hydrogen (secondary N) is 1. The smallest absolute Gasteiger partial charge is 0.339 e. The van der Waals surface area contributed by atoms with Crippen molar-refractivity contribution >= 4 is 35.1 Å². The van der Waals surface area contributed by atoms with Gasteiger partial charge in [-0.25, -0.2) is 4.79 Å². The highest BCUT2D eigenvalue weighted by atomic mass is 35.5. The van der Waals surface area contributed by atoms with Crippen LogP contribution in [0.3, 0.4) is 0 Å². The number of amides is 1. The fraction of sp³-hybridized carbons (Fsp3) is 0.385. The lowest BCUT2D eigenvalue weighted by Crippen LogP contribution is -2.36. The van der Waals surface area contributed by atoms with Gasteiger partial charge in [-0.05, 0) is 31.5 Å². The number of hydrogen-bond acceptors (Lipinski definition) is 3. The quantitative estimate of drug-likeness (QED) is 0.851. The molecule has 1 atom stereocenters. The Hall–Kier alpha value is -1.26. The molecule has 1 aromatic carbocycles. The van der Waals surface area contributed by atoms with E-state index in [1.54, 1.807) is 0 Å². The molecule has 0 bridgehead atoms. The summed E-state index contributed by atoms with van der Waals surface area (Å²) in [7, 11) is 0. The lowest BCUT2D eigenvalue weighted by atomic mass is 10.2. The van der Waals surface area contributed by atoms with Crippen molar-refractivity contribution in [1.82, 2.24) is 5.32 Å². The van der Waals surface area contributed by atoms with Gasteiger partial charge in [0.15, 0.2) is 6.10 Å². The number of halogens is 2. The molecular weight excluding hydrogens is 289 g/mol. The molecule has 4 nitrogen and oxygen atoms in total. The van der Waals surface area contributed by atoms with Gasteiger partial charge in [-0.1, -0.05) is 30.1 Å². The van der Waals surface area contributed by atoms with E-state index in [0.29, 0.717) is 16.6 Å². The maximum Gasteiger partial charge on any atom is 0.339 e. The van der Waals surface area contributed by atoms with Gasteiger partial charge in [0.05, 0.1) is 5.56 Å². The molecule has 6 heteroatoms. The van der Waals surface area contributed by atoms with Crippen LogP contribution in [0.1, 0.15) is 30.6 Å². The van der Waals surface area contributed by atoms with Crippen LogP contribution in [0.2, 0.25) is 10.0 Å². The Bertz CT molecular complexity index is 457. The summed E-state index contributed by atoms with van der Waals surface area (Å²) >= 11 is 11.6. The van der Waals surface area contributed by atoms with E-state index in [9.17, 15) is 9.59 Å². The monoisotopic (exact) mass is 303 g/mol. The lowest BCUT2D eigenvalue weighted by molar-refractivity contribution is -0.129. The van der Waals surface area contributed by atoms with Crippen LogP contribution in [-0.2, 0) is 9.53 Å². The van der Waals surface area contributed by atoms with Gasteiger partial charge in [0, 0.05) is 16.6 Å². The Morgan fingerprint density at radius 3 is 2.37 bits per heavy atom. The van der Waals surface area contributed by atoms with Crippen molar-refractivity contribution in [2.45, 2.75) is 26.4 Å². The van der Waals surface area contributed by atoms with Crippen LogP contribution in [0.15, 0.2) is 18.2 Å². The number of benzene rings is 1. The van der Waals surface area contributed by atoms with E-state index in [0.717, 1.165) is 6.42 Å². The number of carbonyl (C=O) groups excluding carboxylic acids is 2. The van der Waals surface area contributed by atoms with E-state index in [2.05, 4.69) is 5.32 Å². The van der Waals surface area contributed by atoms with Gasteiger partial charge >= 0.3 is 5.97 Å². The highest BCUT2D eigenvalue weighted by Crippen LogP contribution is 2.19. The molecule has 1 rings (SSSR count). The second kappa shape index (κ2) is 7.36. The van der Waals surface area contributed by atoms with E-state index < -0.39 is 12.1 Å². The number of carbonyl (C=O) groups is 2. The Morgan fingerprint density at radius 1 is 1.26 bits per heavy atom. The van der Waals surface area contributed by atoms with Gasteiger partial charge in [0.25, 0.3) is 5.91 Å². The maximum atomic E-state index is 11.8. The van der Waals surface area contributed by atoms with Crippen molar-refractivity contribution in [2.24, 2.45) is 0 Å². The molecule has 0 heterocycles. The molecule has 0 spiro atoms. The topological polar surface area (TPSA) is 55.4 Å². The third kappa shape index (κ3) is 5.09. The molecule has 0 aliphatic rings. The molecular formula is C13H15Cl2NO3. The third-order valence-electron chi connectivity index (χ3n) is 2.30. The number of esters is 1. The highest BCUT2D eigenvalue weighted by Gasteiger charge is 2.18. The van der Waals surface area contributed by atoms with Crippen molar-refractivity contribution in [1.29, 1.82) is 0 Å². The van der Waals surface area contributed by atoms with E-state index in [1.807, 2.05) is 6.92 Å². The van der Waals surface area contributed by atoms with E-state index in [-0.39, 0.29) is 11.5 Å². The summed E-state index contributed by atoms with van der Waals surface area (Å²) in [6, 6.07) is 4.39. The normalized spacial score (nSPS) is 11.8. The fourth-order valence-electron chi connectivity index (χ4n) is 1.35. The second-order valence-corrected chi connectivity index (χ2v) is 4.87. The number of ether oxygens (including phenoxy) is 1. The molecule has 1 amide bonds. The number of rotatable bonds is 5. The Morgan fingerprint density at radius 2 is 1.84 bits per heavy atom. The average molecular weight is 304 g/mol. The highest BCUT2D eigenvalue weighted by molar-refractivity contribution is 6.35. The minimum atomic E-state index is -0.864. The van der Waals surface area contributed by atoms with Gasteiger partial charge in [-0.2, -0.15) is 0 Å². The number of hydrogen-bond donors (Lipinski definition) is 1. The first-order valence-corrected chi connectivity index (χ1v) is 6.64. The predicted octanol–water partition coefficient (Wildman–Crippen LogP) is 3.06. The van der Waals surface area contributed by atoms with Crippen LogP contribution >= 0.6 is 23.2 Å². The van der Waals surface area contributed by atoms with Gasteiger partial charge < -0.3 is 10.1 Å². The maximum absolute atomic E-state index is 11.8. The molecule has 0 aromatic heterocycles. The first kappa shape index (κ1) is 15.8. The minimum absolute atomic E-state index is 0.215. The van der Waals surface area contributed by atoms with Crippen LogP contribution in [0, 0.1) is 0 Å². The first-order valence-electron chi connectivity index (χ1n) is 5.88. The first-order chi connectivity index (χ1) is 8.93. The molecule has 0 aliphatic carbocycles.